The van der Waals surface area contributed by atoms with Gasteiger partial charge in [-0.25, -0.2) is 4.98 Å². The van der Waals surface area contributed by atoms with Gasteiger partial charge >= 0.3 is 0 Å². The lowest BCUT2D eigenvalue weighted by Crippen LogP contribution is -2.25. The Kier molecular flexibility index (Phi) is 10.0. The number of furan rings is 1. The van der Waals surface area contributed by atoms with Gasteiger partial charge in [0.1, 0.15) is 17.8 Å². The van der Waals surface area contributed by atoms with Gasteiger partial charge in [-0.1, -0.05) is 6.07 Å². The fourth-order valence-electron chi connectivity index (χ4n) is 1.79. The normalized spacial score (nSPS) is 9.48. The molecule has 8 heteroatoms. The first-order valence-electron chi connectivity index (χ1n) is 6.91. The first kappa shape index (κ1) is 21.2. The van der Waals surface area contributed by atoms with Crippen molar-refractivity contribution < 1.29 is 9.21 Å². The average molecular weight is 361 g/mol. The van der Waals surface area contributed by atoms with E-state index in [9.17, 15) is 4.79 Å². The molecule has 0 saturated heterocycles. The highest BCUT2D eigenvalue weighted by atomic mass is 35.5. The molecule has 2 aromatic heterocycles. The molecule has 0 fully saturated rings. The van der Waals surface area contributed by atoms with E-state index < -0.39 is 0 Å². The average Bonchev–Trinajstić information content (AvgIpc) is 2.98. The third kappa shape index (κ3) is 6.90. The highest BCUT2D eigenvalue weighted by molar-refractivity contribution is 5.93. The summed E-state index contributed by atoms with van der Waals surface area (Å²) in [6, 6.07) is 5.60. The predicted octanol–water partition coefficient (Wildman–Crippen LogP) is 2.52. The summed E-state index contributed by atoms with van der Waals surface area (Å²) in [4.78, 5) is 16.0. The maximum absolute atomic E-state index is 11.8. The number of pyridine rings is 1. The van der Waals surface area contributed by atoms with Crippen LogP contribution in [0.3, 0.4) is 0 Å². The van der Waals surface area contributed by atoms with Crippen LogP contribution in [0.2, 0.25) is 0 Å². The van der Waals surface area contributed by atoms with E-state index in [0.29, 0.717) is 24.4 Å². The smallest absolute Gasteiger partial charge is 0.254 e. The van der Waals surface area contributed by atoms with Gasteiger partial charge in [-0.3, -0.25) is 4.79 Å². The van der Waals surface area contributed by atoms with Crippen molar-refractivity contribution in [3.63, 3.8) is 0 Å². The van der Waals surface area contributed by atoms with Crippen molar-refractivity contribution >= 4 is 36.5 Å². The van der Waals surface area contributed by atoms with E-state index >= 15 is 0 Å². The molecule has 2 rings (SSSR count). The fourth-order valence-corrected chi connectivity index (χ4v) is 1.79. The Labute approximate surface area is 148 Å². The van der Waals surface area contributed by atoms with Crippen molar-refractivity contribution in [2.45, 2.75) is 19.9 Å². The number of amides is 1. The Morgan fingerprint density at radius 3 is 2.70 bits per heavy atom. The molecule has 0 aliphatic carbocycles. The highest BCUT2D eigenvalue weighted by Crippen LogP contribution is 2.07. The van der Waals surface area contributed by atoms with Gasteiger partial charge < -0.3 is 20.8 Å². The Bertz CT molecular complexity index is 587. The van der Waals surface area contributed by atoms with E-state index in [-0.39, 0.29) is 30.7 Å². The Morgan fingerprint density at radius 1 is 1.30 bits per heavy atom. The largest absolute Gasteiger partial charge is 0.467 e. The monoisotopic (exact) mass is 360 g/mol. The fraction of sp³-hybridized carbons (Fsp3) is 0.333. The Balaban J connectivity index is 0.00000242. The molecule has 0 radical (unpaired) electrons. The molecule has 0 unspecified atom stereocenters. The van der Waals surface area contributed by atoms with Crippen LogP contribution in [-0.4, -0.2) is 24.0 Å². The minimum atomic E-state index is -0.146. The van der Waals surface area contributed by atoms with Gasteiger partial charge in [0.25, 0.3) is 5.91 Å². The summed E-state index contributed by atoms with van der Waals surface area (Å²) in [6.07, 6.45) is 4.05. The third-order valence-corrected chi connectivity index (χ3v) is 2.97. The molecule has 0 aliphatic rings. The van der Waals surface area contributed by atoms with Crippen LogP contribution in [0.25, 0.3) is 0 Å². The van der Waals surface area contributed by atoms with E-state index in [4.69, 9.17) is 10.2 Å². The second-order valence-corrected chi connectivity index (χ2v) is 4.76. The van der Waals surface area contributed by atoms with Gasteiger partial charge in [0.15, 0.2) is 0 Å². The number of carbonyl (C=O) groups is 1. The van der Waals surface area contributed by atoms with Crippen molar-refractivity contribution in [2.24, 2.45) is 5.73 Å². The predicted molar refractivity (Wildman–Crippen MR) is 95.5 cm³/mol. The van der Waals surface area contributed by atoms with E-state index in [1.54, 1.807) is 6.07 Å². The van der Waals surface area contributed by atoms with Gasteiger partial charge in [0.05, 0.1) is 12.1 Å². The molecule has 6 nitrogen and oxygen atoms in total. The van der Waals surface area contributed by atoms with E-state index in [1.165, 1.54) is 6.26 Å². The standard InChI is InChI=1S/C15H20N4O2.2ClH/c1-11-3-4-14(19-9-11)17-5-2-6-18-15(20)12-7-13(8-16)21-10-12;;/h3-4,7,9-10H,2,5-6,8,16H2,1H3,(H,17,19)(H,18,20);2*1H. The van der Waals surface area contributed by atoms with Crippen molar-refractivity contribution in [3.05, 3.63) is 47.5 Å². The maximum atomic E-state index is 11.8. The number of nitrogens with two attached hydrogens (primary N) is 1. The number of hydrogen-bond acceptors (Lipinski definition) is 5. The van der Waals surface area contributed by atoms with Crippen LogP contribution in [0.5, 0.6) is 0 Å². The molecule has 23 heavy (non-hydrogen) atoms. The number of halogens is 2. The minimum Gasteiger partial charge on any atom is -0.467 e. The number of anilines is 1. The number of nitrogens with zero attached hydrogens (tertiary/aromatic N) is 1. The van der Waals surface area contributed by atoms with Gasteiger partial charge in [-0.05, 0) is 31.0 Å². The van der Waals surface area contributed by atoms with Crippen LogP contribution in [0.4, 0.5) is 5.82 Å². The second kappa shape index (κ2) is 10.9. The second-order valence-electron chi connectivity index (χ2n) is 4.76. The Hall–Kier alpha value is -1.76. The summed E-state index contributed by atoms with van der Waals surface area (Å²) >= 11 is 0. The van der Waals surface area contributed by atoms with Crippen LogP contribution in [0.1, 0.15) is 28.1 Å². The Morgan fingerprint density at radius 2 is 2.09 bits per heavy atom. The molecule has 1 amide bonds. The summed E-state index contributed by atoms with van der Waals surface area (Å²) in [5.74, 6) is 1.30. The quantitative estimate of drug-likeness (QED) is 0.659. The van der Waals surface area contributed by atoms with Crippen LogP contribution in [-0.2, 0) is 6.54 Å². The highest BCUT2D eigenvalue weighted by Gasteiger charge is 2.08. The molecule has 0 saturated carbocycles. The first-order chi connectivity index (χ1) is 10.2. The van der Waals surface area contributed by atoms with Crippen LogP contribution in [0.15, 0.2) is 35.1 Å². The molecule has 0 bridgehead atoms. The lowest BCUT2D eigenvalue weighted by molar-refractivity contribution is 0.0953. The summed E-state index contributed by atoms with van der Waals surface area (Å²) < 4.78 is 5.12. The lowest BCUT2D eigenvalue weighted by atomic mass is 10.3. The van der Waals surface area contributed by atoms with Crippen LogP contribution >= 0.6 is 24.8 Å². The number of aryl methyl sites for hydroxylation is 1. The minimum absolute atomic E-state index is 0. The number of aromatic nitrogens is 1. The number of nitrogens with one attached hydrogen (secondary N) is 2. The van der Waals surface area contributed by atoms with Crippen molar-refractivity contribution in [3.8, 4) is 0 Å². The SMILES string of the molecule is Cc1ccc(NCCCNC(=O)c2coc(CN)c2)nc1.Cl.Cl. The first-order valence-corrected chi connectivity index (χ1v) is 6.91. The summed E-state index contributed by atoms with van der Waals surface area (Å²) in [6.45, 7) is 3.62. The van der Waals surface area contributed by atoms with Crippen LogP contribution < -0.4 is 16.4 Å². The van der Waals surface area contributed by atoms with Gasteiger partial charge in [-0.2, -0.15) is 0 Å². The maximum Gasteiger partial charge on any atom is 0.254 e. The molecule has 0 aromatic carbocycles. The molecular formula is C15H22Cl2N4O2. The topological polar surface area (TPSA) is 93.2 Å². The molecule has 2 aromatic rings. The number of rotatable bonds is 7. The molecular weight excluding hydrogens is 339 g/mol. The third-order valence-electron chi connectivity index (χ3n) is 2.97. The number of hydrogen-bond donors (Lipinski definition) is 3. The summed E-state index contributed by atoms with van der Waals surface area (Å²) in [5, 5.41) is 6.03. The van der Waals surface area contributed by atoms with Gasteiger partial charge in [0, 0.05) is 19.3 Å². The van der Waals surface area contributed by atoms with Crippen molar-refractivity contribution in [1.29, 1.82) is 0 Å². The number of carbonyl (C=O) groups excluding carboxylic acids is 1. The summed E-state index contributed by atoms with van der Waals surface area (Å²) in [7, 11) is 0. The molecule has 128 valence electrons. The van der Waals surface area contributed by atoms with Gasteiger partial charge in [-0.15, -0.1) is 24.8 Å². The molecule has 0 spiro atoms. The molecule has 4 N–H and O–H groups in total. The zero-order valence-electron chi connectivity index (χ0n) is 12.9. The molecule has 2 heterocycles. The lowest BCUT2D eigenvalue weighted by Gasteiger charge is -2.06. The van der Waals surface area contributed by atoms with E-state index in [0.717, 1.165) is 24.3 Å². The molecule has 0 atom stereocenters. The van der Waals surface area contributed by atoms with Crippen LogP contribution in [0, 0.1) is 6.92 Å². The summed E-state index contributed by atoms with van der Waals surface area (Å²) in [5.41, 5.74) is 7.06. The van der Waals surface area contributed by atoms with Gasteiger partial charge in [0.2, 0.25) is 0 Å². The zero-order valence-corrected chi connectivity index (χ0v) is 14.5. The molecule has 0 aliphatic heterocycles. The van der Waals surface area contributed by atoms with Crippen molar-refractivity contribution in [1.82, 2.24) is 10.3 Å². The zero-order chi connectivity index (χ0) is 15.1. The van der Waals surface area contributed by atoms with Crippen molar-refractivity contribution in [2.75, 3.05) is 18.4 Å². The van der Waals surface area contributed by atoms with E-state index in [2.05, 4.69) is 15.6 Å². The van der Waals surface area contributed by atoms with E-state index in [1.807, 2.05) is 25.3 Å².